The average Bonchev–Trinajstić information content (AvgIpc) is 2.89. The van der Waals surface area contributed by atoms with Crippen LogP contribution in [-0.4, -0.2) is 21.6 Å². The summed E-state index contributed by atoms with van der Waals surface area (Å²) >= 11 is 0. The molecule has 1 atom stereocenters. The molecule has 2 N–H and O–H groups in total. The van der Waals surface area contributed by atoms with Gasteiger partial charge in [0.1, 0.15) is 6.04 Å². The first-order valence-electron chi connectivity index (χ1n) is 11.8. The molecule has 4 rings (SSSR count). The smallest absolute Gasteiger partial charge is 0.274 e. The first-order valence-corrected chi connectivity index (χ1v) is 11.8. The van der Waals surface area contributed by atoms with Crippen molar-refractivity contribution >= 4 is 28.3 Å². The van der Waals surface area contributed by atoms with Gasteiger partial charge in [0.25, 0.3) is 17.4 Å². The minimum atomic E-state index is -0.954. The van der Waals surface area contributed by atoms with E-state index < -0.39 is 11.9 Å². The number of aryl methyl sites for hydroxylation is 1. The Labute approximate surface area is 203 Å². The third kappa shape index (κ3) is 5.63. The molecule has 3 aromatic carbocycles. The number of nitrogens with one attached hydrogen (secondary N) is 2. The summed E-state index contributed by atoms with van der Waals surface area (Å²) in [5.74, 6) is -0.904. The molecule has 0 aliphatic carbocycles. The number of hydrogen-bond donors (Lipinski definition) is 2. The molecular formula is C28H28N4O3. The topological polar surface area (TPSA) is 93.1 Å². The number of amides is 2. The molecule has 0 bridgehead atoms. The molecule has 1 unspecified atom stereocenters. The maximum Gasteiger partial charge on any atom is 0.274 e. The summed E-state index contributed by atoms with van der Waals surface area (Å²) in [6, 6.07) is 24.1. The maximum atomic E-state index is 13.5. The van der Waals surface area contributed by atoms with Gasteiger partial charge in [-0.1, -0.05) is 86.5 Å². The van der Waals surface area contributed by atoms with Crippen molar-refractivity contribution in [1.29, 1.82) is 0 Å². The molecule has 2 amide bonds. The quantitative estimate of drug-likeness (QED) is 0.348. The SMILES string of the molecule is CCCCCn1nc(C(=O)NC(C(=O)Nc2ccccc2)c2ccccc2)c2ccccc2c1=O. The number of nitrogens with zero attached hydrogens (tertiary/aromatic N) is 2. The highest BCUT2D eigenvalue weighted by Crippen LogP contribution is 2.19. The lowest BCUT2D eigenvalue weighted by Crippen LogP contribution is -2.38. The fourth-order valence-electron chi connectivity index (χ4n) is 3.95. The molecule has 0 saturated heterocycles. The molecule has 1 aromatic heterocycles. The molecule has 178 valence electrons. The van der Waals surface area contributed by atoms with E-state index >= 15 is 0 Å². The lowest BCUT2D eigenvalue weighted by Gasteiger charge is -2.19. The zero-order valence-corrected chi connectivity index (χ0v) is 19.6. The summed E-state index contributed by atoms with van der Waals surface area (Å²) in [5.41, 5.74) is 1.15. The number of carbonyl (C=O) groups excluding carboxylic acids is 2. The first kappa shape index (κ1) is 23.9. The molecule has 0 fully saturated rings. The van der Waals surface area contributed by atoms with Gasteiger partial charge < -0.3 is 10.6 Å². The van der Waals surface area contributed by atoms with Crippen molar-refractivity contribution < 1.29 is 9.59 Å². The van der Waals surface area contributed by atoms with Crippen LogP contribution >= 0.6 is 0 Å². The van der Waals surface area contributed by atoms with Gasteiger partial charge in [-0.3, -0.25) is 14.4 Å². The molecule has 0 aliphatic heterocycles. The fraction of sp³-hybridized carbons (Fsp3) is 0.214. The largest absolute Gasteiger partial charge is 0.335 e. The van der Waals surface area contributed by atoms with Crippen LogP contribution in [0.2, 0.25) is 0 Å². The van der Waals surface area contributed by atoms with Crippen LogP contribution in [0.15, 0.2) is 89.7 Å². The lowest BCUT2D eigenvalue weighted by atomic mass is 10.0. The molecule has 1 heterocycles. The molecule has 0 aliphatic rings. The molecular weight excluding hydrogens is 440 g/mol. The van der Waals surface area contributed by atoms with E-state index in [1.807, 2.05) is 36.4 Å². The highest BCUT2D eigenvalue weighted by Gasteiger charge is 2.26. The molecule has 0 spiro atoms. The van der Waals surface area contributed by atoms with Crippen molar-refractivity contribution in [3.63, 3.8) is 0 Å². The number of anilines is 1. The summed E-state index contributed by atoms with van der Waals surface area (Å²) in [6.45, 7) is 2.51. The molecule has 7 heteroatoms. The molecule has 0 saturated carbocycles. The Balaban J connectivity index is 1.69. The van der Waals surface area contributed by atoms with E-state index in [2.05, 4.69) is 22.7 Å². The zero-order chi connectivity index (χ0) is 24.6. The summed E-state index contributed by atoms with van der Waals surface area (Å²) in [7, 11) is 0. The Morgan fingerprint density at radius 2 is 1.49 bits per heavy atom. The lowest BCUT2D eigenvalue weighted by molar-refractivity contribution is -0.118. The van der Waals surface area contributed by atoms with Gasteiger partial charge in [0, 0.05) is 17.6 Å². The van der Waals surface area contributed by atoms with Gasteiger partial charge in [0.05, 0.1) is 5.39 Å². The predicted octanol–water partition coefficient (Wildman–Crippen LogP) is 4.70. The van der Waals surface area contributed by atoms with Crippen LogP contribution in [0.25, 0.3) is 10.8 Å². The number of aromatic nitrogens is 2. The second-order valence-electron chi connectivity index (χ2n) is 8.30. The highest BCUT2D eigenvalue weighted by molar-refractivity contribution is 6.07. The number of unbranched alkanes of at least 4 members (excludes halogenated alkanes) is 2. The van der Waals surface area contributed by atoms with Crippen LogP contribution in [-0.2, 0) is 11.3 Å². The minimum Gasteiger partial charge on any atom is -0.335 e. The summed E-state index contributed by atoms with van der Waals surface area (Å²) in [4.78, 5) is 39.7. The summed E-state index contributed by atoms with van der Waals surface area (Å²) in [6.07, 6.45) is 2.75. The molecule has 4 aromatic rings. The second kappa shape index (κ2) is 11.2. The Hall–Kier alpha value is -4.26. The van der Waals surface area contributed by atoms with Gasteiger partial charge >= 0.3 is 0 Å². The predicted molar refractivity (Wildman–Crippen MR) is 137 cm³/mol. The third-order valence-corrected chi connectivity index (χ3v) is 5.77. The van der Waals surface area contributed by atoms with Crippen LogP contribution in [0.5, 0.6) is 0 Å². The molecule has 0 radical (unpaired) electrons. The number of fused-ring (bicyclic) bond motifs is 1. The first-order chi connectivity index (χ1) is 17.1. The van der Waals surface area contributed by atoms with Crippen molar-refractivity contribution in [2.75, 3.05) is 5.32 Å². The second-order valence-corrected chi connectivity index (χ2v) is 8.30. The van der Waals surface area contributed by atoms with Crippen molar-refractivity contribution in [3.8, 4) is 0 Å². The summed E-state index contributed by atoms with van der Waals surface area (Å²) in [5, 5.41) is 11.0. The van der Waals surface area contributed by atoms with Crippen LogP contribution in [0.3, 0.4) is 0 Å². The van der Waals surface area contributed by atoms with Crippen molar-refractivity contribution in [1.82, 2.24) is 15.1 Å². The van der Waals surface area contributed by atoms with Gasteiger partial charge in [-0.2, -0.15) is 5.10 Å². The Kier molecular flexibility index (Phi) is 7.67. The maximum absolute atomic E-state index is 13.5. The number of carbonyl (C=O) groups is 2. The summed E-state index contributed by atoms with van der Waals surface area (Å²) < 4.78 is 1.36. The van der Waals surface area contributed by atoms with Gasteiger partial charge in [0.15, 0.2) is 5.69 Å². The van der Waals surface area contributed by atoms with Crippen LogP contribution in [0.4, 0.5) is 5.69 Å². The van der Waals surface area contributed by atoms with Gasteiger partial charge in [-0.15, -0.1) is 0 Å². The molecule has 7 nitrogen and oxygen atoms in total. The standard InChI is InChI=1S/C28H28N4O3/c1-2-3-12-19-32-28(35)23-18-11-10-17-22(23)25(31-32)27(34)30-24(20-13-6-4-7-14-20)26(33)29-21-15-8-5-9-16-21/h4-11,13-18,24H,2-3,12,19H2,1H3,(H,29,33)(H,30,34). The number of rotatable bonds is 9. The van der Waals surface area contributed by atoms with E-state index in [4.69, 9.17) is 0 Å². The van der Waals surface area contributed by atoms with E-state index in [1.165, 1.54) is 4.68 Å². The van der Waals surface area contributed by atoms with Crippen molar-refractivity contribution in [3.05, 3.63) is 107 Å². The van der Waals surface area contributed by atoms with Crippen molar-refractivity contribution in [2.45, 2.75) is 38.8 Å². The van der Waals surface area contributed by atoms with Gasteiger partial charge in [-0.25, -0.2) is 4.68 Å². The average molecular weight is 469 g/mol. The fourth-order valence-corrected chi connectivity index (χ4v) is 3.95. The van der Waals surface area contributed by atoms with E-state index in [-0.39, 0.29) is 17.2 Å². The normalized spacial score (nSPS) is 11.7. The van der Waals surface area contributed by atoms with Crippen molar-refractivity contribution in [2.24, 2.45) is 0 Å². The third-order valence-electron chi connectivity index (χ3n) is 5.77. The number of hydrogen-bond acceptors (Lipinski definition) is 4. The van der Waals surface area contributed by atoms with Crippen LogP contribution < -0.4 is 16.2 Å². The monoisotopic (exact) mass is 468 g/mol. The number of benzene rings is 3. The van der Waals surface area contributed by atoms with E-state index in [0.717, 1.165) is 19.3 Å². The van der Waals surface area contributed by atoms with Gasteiger partial charge in [-0.05, 0) is 30.2 Å². The Morgan fingerprint density at radius 1 is 0.857 bits per heavy atom. The number of para-hydroxylation sites is 1. The van der Waals surface area contributed by atoms with Crippen LogP contribution in [0, 0.1) is 0 Å². The minimum absolute atomic E-state index is 0.116. The Bertz CT molecular complexity index is 1370. The van der Waals surface area contributed by atoms with Crippen LogP contribution in [0.1, 0.15) is 48.3 Å². The zero-order valence-electron chi connectivity index (χ0n) is 19.6. The van der Waals surface area contributed by atoms with E-state index in [1.54, 1.807) is 48.5 Å². The highest BCUT2D eigenvalue weighted by atomic mass is 16.2. The van der Waals surface area contributed by atoms with E-state index in [9.17, 15) is 14.4 Å². The Morgan fingerprint density at radius 3 is 2.17 bits per heavy atom. The van der Waals surface area contributed by atoms with E-state index in [0.29, 0.717) is 28.6 Å². The molecule has 35 heavy (non-hydrogen) atoms. The van der Waals surface area contributed by atoms with Gasteiger partial charge in [0.2, 0.25) is 0 Å².